The summed E-state index contributed by atoms with van der Waals surface area (Å²) in [6.07, 6.45) is 0.253. The number of rotatable bonds is 4. The Labute approximate surface area is 155 Å². The van der Waals surface area contributed by atoms with Crippen LogP contribution < -0.4 is 0 Å². The fraction of sp³-hybridized carbons (Fsp3) is 0.875. The van der Waals surface area contributed by atoms with E-state index in [-0.39, 0.29) is 30.2 Å². The molecule has 0 bridgehead atoms. The van der Waals surface area contributed by atoms with E-state index < -0.39 is 10.2 Å². The molecule has 1 atom stereocenters. The second kappa shape index (κ2) is 7.79. The highest BCUT2D eigenvalue weighted by Gasteiger charge is 2.40. The van der Waals surface area contributed by atoms with Crippen molar-refractivity contribution in [3.63, 3.8) is 0 Å². The molecule has 0 aromatic rings. The van der Waals surface area contributed by atoms with Crippen LogP contribution in [-0.2, 0) is 24.5 Å². The third-order valence-corrected chi connectivity index (χ3v) is 7.34. The minimum atomic E-state index is -3.50. The van der Waals surface area contributed by atoms with Crippen molar-refractivity contribution in [2.24, 2.45) is 5.92 Å². The Morgan fingerprint density at radius 1 is 1.04 bits per heavy atom. The number of carbonyl (C=O) groups is 2. The number of amides is 2. The van der Waals surface area contributed by atoms with E-state index in [1.165, 1.54) is 8.61 Å². The second-order valence-electron chi connectivity index (χ2n) is 7.28. The van der Waals surface area contributed by atoms with E-state index in [1.54, 1.807) is 9.80 Å². The van der Waals surface area contributed by atoms with Gasteiger partial charge in [-0.3, -0.25) is 9.59 Å². The van der Waals surface area contributed by atoms with Gasteiger partial charge >= 0.3 is 0 Å². The Morgan fingerprint density at radius 3 is 2.15 bits per heavy atom. The molecule has 10 heteroatoms. The van der Waals surface area contributed by atoms with Gasteiger partial charge in [-0.2, -0.15) is 17.0 Å². The summed E-state index contributed by atoms with van der Waals surface area (Å²) >= 11 is 0. The highest BCUT2D eigenvalue weighted by Crippen LogP contribution is 2.23. The molecule has 0 unspecified atom stereocenters. The Bertz CT molecular complexity index is 639. The van der Waals surface area contributed by atoms with E-state index in [9.17, 15) is 18.0 Å². The molecule has 3 saturated heterocycles. The quantitative estimate of drug-likeness (QED) is 0.614. The number of morpholine rings is 1. The van der Waals surface area contributed by atoms with Gasteiger partial charge in [-0.15, -0.1) is 0 Å². The summed E-state index contributed by atoms with van der Waals surface area (Å²) in [5.74, 6) is -0.330. The van der Waals surface area contributed by atoms with Gasteiger partial charge in [0.1, 0.15) is 0 Å². The zero-order chi connectivity index (χ0) is 18.9. The smallest absolute Gasteiger partial charge is 0.282 e. The van der Waals surface area contributed by atoms with Crippen LogP contribution in [0.5, 0.6) is 0 Å². The number of hydrogen-bond donors (Lipinski definition) is 0. The van der Waals surface area contributed by atoms with Crippen LogP contribution in [0.4, 0.5) is 0 Å². The van der Waals surface area contributed by atoms with Crippen molar-refractivity contribution in [2.45, 2.75) is 26.3 Å². The first-order valence-corrected chi connectivity index (χ1v) is 10.6. The van der Waals surface area contributed by atoms with Gasteiger partial charge in [-0.1, -0.05) is 0 Å². The molecule has 9 nitrogen and oxygen atoms in total. The molecule has 0 spiro atoms. The number of nitrogens with zero attached hydrogens (tertiary/aromatic N) is 4. The van der Waals surface area contributed by atoms with Gasteiger partial charge in [-0.05, 0) is 13.8 Å². The van der Waals surface area contributed by atoms with E-state index in [0.717, 1.165) is 0 Å². The van der Waals surface area contributed by atoms with Crippen LogP contribution in [0.3, 0.4) is 0 Å². The minimum Gasteiger partial charge on any atom is -0.379 e. The van der Waals surface area contributed by atoms with Crippen LogP contribution >= 0.6 is 0 Å². The van der Waals surface area contributed by atoms with Crippen LogP contribution in [0.2, 0.25) is 0 Å². The van der Waals surface area contributed by atoms with E-state index >= 15 is 0 Å². The predicted molar refractivity (Wildman–Crippen MR) is 94.4 cm³/mol. The van der Waals surface area contributed by atoms with Gasteiger partial charge in [0.2, 0.25) is 11.8 Å². The lowest BCUT2D eigenvalue weighted by Crippen LogP contribution is -2.56. The first kappa shape index (κ1) is 19.5. The van der Waals surface area contributed by atoms with Gasteiger partial charge in [0, 0.05) is 58.3 Å². The average Bonchev–Trinajstić information content (AvgIpc) is 3.04. The van der Waals surface area contributed by atoms with Crippen molar-refractivity contribution >= 4 is 22.0 Å². The van der Waals surface area contributed by atoms with Crippen LogP contribution in [-0.4, -0.2) is 104 Å². The third kappa shape index (κ3) is 3.88. The van der Waals surface area contributed by atoms with Crippen LogP contribution in [0.1, 0.15) is 20.3 Å². The fourth-order valence-electron chi connectivity index (χ4n) is 3.73. The van der Waals surface area contributed by atoms with Gasteiger partial charge in [0.25, 0.3) is 10.2 Å². The molecule has 3 rings (SSSR count). The third-order valence-electron chi connectivity index (χ3n) is 5.30. The molecule has 0 radical (unpaired) electrons. The monoisotopic (exact) mass is 388 g/mol. The van der Waals surface area contributed by atoms with Crippen molar-refractivity contribution in [1.29, 1.82) is 0 Å². The highest BCUT2D eigenvalue weighted by atomic mass is 32.2. The first-order valence-electron chi connectivity index (χ1n) is 9.22. The van der Waals surface area contributed by atoms with E-state index in [1.807, 2.05) is 13.8 Å². The molecule has 0 aromatic carbocycles. The first-order chi connectivity index (χ1) is 12.3. The molecule has 0 N–H and O–H groups in total. The van der Waals surface area contributed by atoms with E-state index in [2.05, 4.69) is 0 Å². The Balaban J connectivity index is 1.55. The lowest BCUT2D eigenvalue weighted by molar-refractivity contribution is -0.137. The number of ether oxygens (including phenoxy) is 1. The SMILES string of the molecule is CC(C)N1C[C@@H](C(=O)N2CCN(S(=O)(=O)N3CCOCC3)CC2)CC1=O. The van der Waals surface area contributed by atoms with Gasteiger partial charge in [-0.25, -0.2) is 0 Å². The van der Waals surface area contributed by atoms with Crippen molar-refractivity contribution in [3.05, 3.63) is 0 Å². The molecular weight excluding hydrogens is 360 g/mol. The summed E-state index contributed by atoms with van der Waals surface area (Å²) < 4.78 is 33.5. The number of likely N-dealkylation sites (tertiary alicyclic amines) is 1. The zero-order valence-electron chi connectivity index (χ0n) is 15.5. The summed E-state index contributed by atoms with van der Waals surface area (Å²) in [4.78, 5) is 28.2. The van der Waals surface area contributed by atoms with Crippen LogP contribution in [0.25, 0.3) is 0 Å². The van der Waals surface area contributed by atoms with E-state index in [0.29, 0.717) is 59.0 Å². The molecule has 0 saturated carbocycles. The van der Waals surface area contributed by atoms with Crippen molar-refractivity contribution < 1.29 is 22.7 Å². The summed E-state index contributed by atoms with van der Waals surface area (Å²) in [5.41, 5.74) is 0. The van der Waals surface area contributed by atoms with Crippen molar-refractivity contribution in [1.82, 2.24) is 18.4 Å². The van der Waals surface area contributed by atoms with Gasteiger partial charge in [0.05, 0.1) is 19.1 Å². The molecule has 148 valence electrons. The zero-order valence-corrected chi connectivity index (χ0v) is 16.3. The second-order valence-corrected chi connectivity index (χ2v) is 9.21. The molecule has 3 heterocycles. The Morgan fingerprint density at radius 2 is 1.62 bits per heavy atom. The average molecular weight is 388 g/mol. The number of piperazine rings is 1. The van der Waals surface area contributed by atoms with Crippen molar-refractivity contribution in [3.8, 4) is 0 Å². The maximum Gasteiger partial charge on any atom is 0.282 e. The molecule has 3 aliphatic rings. The molecule has 26 heavy (non-hydrogen) atoms. The normalized spacial score (nSPS) is 26.7. The molecule has 0 aromatic heterocycles. The largest absolute Gasteiger partial charge is 0.379 e. The molecule has 3 fully saturated rings. The van der Waals surface area contributed by atoms with E-state index in [4.69, 9.17) is 4.74 Å². The lowest BCUT2D eigenvalue weighted by Gasteiger charge is -2.38. The maximum atomic E-state index is 12.7. The standard InChI is InChI=1S/C16H28N4O5S/c1-13(2)20-12-14(11-15(20)21)16(22)17-3-5-18(6-4-17)26(23,24)19-7-9-25-10-8-19/h13-14H,3-12H2,1-2H3/t14-/m0/s1. The van der Waals surface area contributed by atoms with Gasteiger partial charge < -0.3 is 14.5 Å². The highest BCUT2D eigenvalue weighted by molar-refractivity contribution is 7.86. The van der Waals surface area contributed by atoms with Crippen LogP contribution in [0.15, 0.2) is 0 Å². The molecule has 3 aliphatic heterocycles. The summed E-state index contributed by atoms with van der Waals surface area (Å²) in [5, 5.41) is 0. The Kier molecular flexibility index (Phi) is 5.85. The minimum absolute atomic E-state index is 0.0203. The molecule has 2 amide bonds. The van der Waals surface area contributed by atoms with Crippen molar-refractivity contribution in [2.75, 3.05) is 59.0 Å². The fourth-order valence-corrected chi connectivity index (χ4v) is 5.30. The molecular formula is C16H28N4O5S. The predicted octanol–water partition coefficient (Wildman–Crippen LogP) is -1.04. The van der Waals surface area contributed by atoms with Gasteiger partial charge in [0.15, 0.2) is 0 Å². The number of hydrogen-bond acceptors (Lipinski definition) is 5. The summed E-state index contributed by atoms with van der Waals surface area (Å²) in [7, 11) is -3.50. The molecule has 0 aliphatic carbocycles. The maximum absolute atomic E-state index is 12.7. The number of carbonyl (C=O) groups excluding carboxylic acids is 2. The summed E-state index contributed by atoms with van der Waals surface area (Å²) in [6.45, 7) is 7.25. The summed E-state index contributed by atoms with van der Waals surface area (Å²) in [6, 6.07) is 0.0933. The lowest BCUT2D eigenvalue weighted by atomic mass is 10.1. The Hall–Kier alpha value is -1.23. The topological polar surface area (TPSA) is 90.5 Å². The van der Waals surface area contributed by atoms with Crippen LogP contribution in [0, 0.1) is 5.92 Å².